The number of hydrogen-bond donors (Lipinski definition) is 4. The Balaban J connectivity index is 1.50. The van der Waals surface area contributed by atoms with Crippen LogP contribution in [0.4, 0.5) is 0 Å². The van der Waals surface area contributed by atoms with Gasteiger partial charge in [0.25, 0.3) is 0 Å². The van der Waals surface area contributed by atoms with Crippen LogP contribution in [0.2, 0.25) is 0 Å². The summed E-state index contributed by atoms with van der Waals surface area (Å²) in [6.45, 7) is 2.24. The monoisotopic (exact) mass is 398 g/mol. The average Bonchev–Trinajstić information content (AvgIpc) is 2.89. The minimum Gasteiger partial charge on any atom is -0.390 e. The first-order valence-electron chi connectivity index (χ1n) is 11.5. The maximum Gasteiger partial charge on any atom is 0.197 e. The van der Waals surface area contributed by atoms with Crippen LogP contribution < -0.4 is 0 Å². The molecular weight excluding hydrogens is 356 g/mol. The summed E-state index contributed by atoms with van der Waals surface area (Å²) in [5.74, 6) is -1.72. The van der Waals surface area contributed by atoms with Crippen molar-refractivity contribution in [3.63, 3.8) is 0 Å². The van der Waals surface area contributed by atoms with Gasteiger partial charge in [0.1, 0.15) is 5.60 Å². The van der Waals surface area contributed by atoms with Crippen LogP contribution in [0.5, 0.6) is 0 Å². The minimum absolute atomic E-state index is 0.0344. The standard InChI is InChI=1S/C23H42O5/c1-2-3-4-5-6-7-8-9-10-11-12-13-14-15-19-16-22(26)17-20(24)21(25)18-23(22,27)28-19/h7-8,19-21,24-27H,2-6,9-18H2,1H3/b8-7-/t19-,20-,21+,22+,23+/m0/s1. The molecule has 164 valence electrons. The van der Waals surface area contributed by atoms with Gasteiger partial charge in [0, 0.05) is 19.3 Å². The molecule has 1 heterocycles. The van der Waals surface area contributed by atoms with Crippen LogP contribution in [-0.2, 0) is 4.74 Å². The van der Waals surface area contributed by atoms with Gasteiger partial charge in [0.05, 0.1) is 18.3 Å². The Morgan fingerprint density at radius 2 is 1.36 bits per heavy atom. The van der Waals surface area contributed by atoms with E-state index in [9.17, 15) is 20.4 Å². The van der Waals surface area contributed by atoms with E-state index in [-0.39, 0.29) is 18.9 Å². The number of allylic oxidation sites excluding steroid dienone is 2. The first-order valence-corrected chi connectivity index (χ1v) is 11.5. The van der Waals surface area contributed by atoms with Crippen molar-refractivity contribution in [3.05, 3.63) is 12.2 Å². The van der Waals surface area contributed by atoms with Crippen LogP contribution in [-0.4, -0.2) is 50.1 Å². The van der Waals surface area contributed by atoms with Crippen molar-refractivity contribution in [1.29, 1.82) is 0 Å². The minimum atomic E-state index is -1.72. The van der Waals surface area contributed by atoms with Crippen LogP contribution in [0.25, 0.3) is 0 Å². The molecule has 0 bridgehead atoms. The molecule has 0 amide bonds. The summed E-state index contributed by atoms with van der Waals surface area (Å²) in [5.41, 5.74) is -1.45. The highest BCUT2D eigenvalue weighted by atomic mass is 16.7. The summed E-state index contributed by atoms with van der Waals surface area (Å²) >= 11 is 0. The number of ether oxygens (including phenoxy) is 1. The molecule has 0 radical (unpaired) electrons. The number of fused-ring (bicyclic) bond motifs is 1. The third kappa shape index (κ3) is 6.81. The van der Waals surface area contributed by atoms with Gasteiger partial charge in [0.2, 0.25) is 0 Å². The molecule has 5 heteroatoms. The fraction of sp³-hybridized carbons (Fsp3) is 0.913. The van der Waals surface area contributed by atoms with Gasteiger partial charge >= 0.3 is 0 Å². The molecule has 2 rings (SSSR count). The van der Waals surface area contributed by atoms with Gasteiger partial charge in [-0.05, 0) is 32.1 Å². The molecule has 1 aliphatic heterocycles. The molecule has 0 aromatic heterocycles. The van der Waals surface area contributed by atoms with Crippen molar-refractivity contribution in [2.45, 2.75) is 133 Å². The van der Waals surface area contributed by atoms with Gasteiger partial charge in [-0.25, -0.2) is 0 Å². The number of hydrogen-bond acceptors (Lipinski definition) is 5. The number of rotatable bonds is 13. The molecule has 2 fully saturated rings. The first-order chi connectivity index (χ1) is 13.4. The molecule has 0 aromatic carbocycles. The van der Waals surface area contributed by atoms with Crippen molar-refractivity contribution in [1.82, 2.24) is 0 Å². The van der Waals surface area contributed by atoms with Gasteiger partial charge in [0.15, 0.2) is 5.79 Å². The summed E-state index contributed by atoms with van der Waals surface area (Å²) in [4.78, 5) is 0. The second kappa shape index (κ2) is 11.7. The zero-order chi connectivity index (χ0) is 20.5. The van der Waals surface area contributed by atoms with Crippen molar-refractivity contribution in [2.24, 2.45) is 0 Å². The van der Waals surface area contributed by atoms with E-state index in [0.717, 1.165) is 19.3 Å². The molecule has 2 aliphatic rings. The fourth-order valence-corrected chi connectivity index (χ4v) is 4.60. The van der Waals surface area contributed by atoms with Crippen molar-refractivity contribution in [3.8, 4) is 0 Å². The Morgan fingerprint density at radius 1 is 0.786 bits per heavy atom. The quantitative estimate of drug-likeness (QED) is 0.278. The van der Waals surface area contributed by atoms with Crippen molar-refractivity contribution in [2.75, 3.05) is 0 Å². The van der Waals surface area contributed by atoms with E-state index >= 15 is 0 Å². The molecule has 1 saturated heterocycles. The number of aliphatic hydroxyl groups is 4. The zero-order valence-corrected chi connectivity index (χ0v) is 17.7. The Labute approximate surface area is 170 Å². The molecule has 1 saturated carbocycles. The van der Waals surface area contributed by atoms with Gasteiger partial charge in [-0.3, -0.25) is 0 Å². The average molecular weight is 399 g/mol. The predicted molar refractivity (Wildman–Crippen MR) is 111 cm³/mol. The second-order valence-corrected chi connectivity index (χ2v) is 8.97. The molecular formula is C23H42O5. The molecule has 0 spiro atoms. The molecule has 4 N–H and O–H groups in total. The molecule has 0 aromatic rings. The van der Waals surface area contributed by atoms with E-state index in [4.69, 9.17) is 4.74 Å². The topological polar surface area (TPSA) is 90.2 Å². The SMILES string of the molecule is CCCCCC/C=C\CCCCCCC[C@H]1C[C@@]2(O)C[C@H](O)[C@H](O)C[C@@]2(O)O1. The van der Waals surface area contributed by atoms with Crippen molar-refractivity contribution < 1.29 is 25.2 Å². The van der Waals surface area contributed by atoms with E-state index in [1.807, 2.05) is 0 Å². The molecule has 1 aliphatic carbocycles. The van der Waals surface area contributed by atoms with Gasteiger partial charge < -0.3 is 25.2 Å². The smallest absolute Gasteiger partial charge is 0.197 e. The summed E-state index contributed by atoms with van der Waals surface area (Å²) in [6.07, 6.45) is 16.9. The highest BCUT2D eigenvalue weighted by Crippen LogP contribution is 2.48. The van der Waals surface area contributed by atoms with E-state index in [1.54, 1.807) is 0 Å². The van der Waals surface area contributed by atoms with E-state index in [0.29, 0.717) is 6.42 Å². The lowest BCUT2D eigenvalue weighted by atomic mass is 9.75. The fourth-order valence-electron chi connectivity index (χ4n) is 4.60. The van der Waals surface area contributed by atoms with Crippen LogP contribution in [0.15, 0.2) is 12.2 Å². The Hall–Kier alpha value is -0.460. The second-order valence-electron chi connectivity index (χ2n) is 8.97. The van der Waals surface area contributed by atoms with Crippen LogP contribution in [0.3, 0.4) is 0 Å². The highest BCUT2D eigenvalue weighted by molar-refractivity contribution is 5.07. The third-order valence-electron chi connectivity index (χ3n) is 6.42. The van der Waals surface area contributed by atoms with Crippen LogP contribution >= 0.6 is 0 Å². The number of aliphatic hydroxyl groups excluding tert-OH is 2. The Kier molecular flexibility index (Phi) is 9.91. The first kappa shape index (κ1) is 23.8. The third-order valence-corrected chi connectivity index (χ3v) is 6.42. The summed E-state index contributed by atoms with van der Waals surface area (Å²) in [7, 11) is 0. The van der Waals surface area contributed by atoms with E-state index < -0.39 is 23.6 Å². The lowest BCUT2D eigenvalue weighted by Gasteiger charge is -2.44. The van der Waals surface area contributed by atoms with Gasteiger partial charge in [-0.2, -0.15) is 0 Å². The molecule has 0 unspecified atom stereocenters. The maximum atomic E-state index is 10.7. The van der Waals surface area contributed by atoms with Gasteiger partial charge in [-0.1, -0.05) is 64.0 Å². The summed E-state index contributed by atoms with van der Waals surface area (Å²) in [5, 5.41) is 40.9. The van der Waals surface area contributed by atoms with Crippen LogP contribution in [0.1, 0.15) is 103 Å². The maximum absolute atomic E-state index is 10.7. The van der Waals surface area contributed by atoms with Gasteiger partial charge in [-0.15, -0.1) is 0 Å². The summed E-state index contributed by atoms with van der Waals surface area (Å²) < 4.78 is 5.71. The normalized spacial score (nSPS) is 35.5. The van der Waals surface area contributed by atoms with Crippen molar-refractivity contribution >= 4 is 0 Å². The lowest BCUT2D eigenvalue weighted by molar-refractivity contribution is -0.303. The van der Waals surface area contributed by atoms with E-state index in [2.05, 4.69) is 19.1 Å². The number of unbranched alkanes of at least 4 members (excludes halogenated alkanes) is 9. The predicted octanol–water partition coefficient (Wildman–Crippen LogP) is 3.97. The Bertz CT molecular complexity index is 444. The van der Waals surface area contributed by atoms with Crippen LogP contribution in [0, 0.1) is 0 Å². The lowest BCUT2D eigenvalue weighted by Crippen LogP contribution is -2.60. The largest absolute Gasteiger partial charge is 0.390 e. The summed E-state index contributed by atoms with van der Waals surface area (Å²) in [6, 6.07) is 0. The zero-order valence-electron chi connectivity index (χ0n) is 17.7. The highest BCUT2D eigenvalue weighted by Gasteiger charge is 2.62. The Morgan fingerprint density at radius 3 is 2.04 bits per heavy atom. The molecule has 5 nitrogen and oxygen atoms in total. The molecule has 5 atom stereocenters. The van der Waals surface area contributed by atoms with E-state index in [1.165, 1.54) is 57.8 Å². The molecule has 28 heavy (non-hydrogen) atoms.